The fourth-order valence-electron chi connectivity index (χ4n) is 4.48. The van der Waals surface area contributed by atoms with Crippen molar-refractivity contribution in [3.63, 3.8) is 0 Å². The third-order valence-corrected chi connectivity index (χ3v) is 5.99. The molecule has 1 amide bonds. The highest BCUT2D eigenvalue weighted by Crippen LogP contribution is 2.42. The van der Waals surface area contributed by atoms with E-state index in [0.717, 1.165) is 22.6 Å². The van der Waals surface area contributed by atoms with E-state index in [2.05, 4.69) is 4.98 Å². The van der Waals surface area contributed by atoms with Crippen LogP contribution < -0.4 is 4.74 Å². The molecule has 1 N–H and O–H groups in total. The summed E-state index contributed by atoms with van der Waals surface area (Å²) in [6.07, 6.45) is -3.10. The van der Waals surface area contributed by atoms with Crippen LogP contribution in [0.15, 0.2) is 66.4 Å². The molecule has 1 aliphatic rings. The van der Waals surface area contributed by atoms with Crippen LogP contribution in [0.25, 0.3) is 5.76 Å². The summed E-state index contributed by atoms with van der Waals surface area (Å²) < 4.78 is 45.2. The maximum atomic E-state index is 13.3. The second kappa shape index (κ2) is 9.49. The number of likely N-dealkylation sites (tertiary alicyclic amines) is 1. The van der Waals surface area contributed by atoms with Gasteiger partial charge in [0.05, 0.1) is 29.5 Å². The quantitative estimate of drug-likeness (QED) is 0.293. The van der Waals surface area contributed by atoms with Crippen molar-refractivity contribution < 1.29 is 32.6 Å². The predicted octanol–water partition coefficient (Wildman–Crippen LogP) is 5.35. The van der Waals surface area contributed by atoms with E-state index < -0.39 is 35.2 Å². The summed E-state index contributed by atoms with van der Waals surface area (Å²) in [4.78, 5) is 31.8. The van der Waals surface area contributed by atoms with Crippen molar-refractivity contribution in [3.05, 3.63) is 99.9 Å². The van der Waals surface area contributed by atoms with E-state index >= 15 is 0 Å². The number of ether oxygens (including phenoxy) is 1. The Balaban J connectivity index is 1.89. The number of ketones is 1. The van der Waals surface area contributed by atoms with E-state index in [1.54, 1.807) is 31.2 Å². The minimum absolute atomic E-state index is 0.177. The van der Waals surface area contributed by atoms with Crippen LogP contribution in [0.2, 0.25) is 0 Å². The largest absolute Gasteiger partial charge is 0.507 e. The number of hydrogen-bond acceptors (Lipinski definition) is 5. The van der Waals surface area contributed by atoms with Gasteiger partial charge in [0.1, 0.15) is 17.6 Å². The van der Waals surface area contributed by atoms with E-state index in [4.69, 9.17) is 4.74 Å². The Hall–Kier alpha value is -4.14. The highest BCUT2D eigenvalue weighted by atomic mass is 19.4. The molecule has 1 aromatic heterocycles. The Morgan fingerprint density at radius 2 is 1.83 bits per heavy atom. The van der Waals surface area contributed by atoms with Crippen LogP contribution >= 0.6 is 0 Å². The standard InChI is InChI=1S/C27H23F3N2O4/c1-15-11-16(2)25(36-3)19(12-15)23(33)21-22(20-9-4-5-10-31-20)32(26(35)24(21)34)14-17-7-6-8-18(13-17)27(28,29)30/h4-13,22,33H,14H2,1-3H3/b23-21+. The SMILES string of the molecule is COc1c(C)cc(C)cc1/C(O)=C1\C(=O)C(=O)N(Cc2cccc(C(F)(F)F)c2)C1c1ccccn1. The number of nitrogens with zero attached hydrogens (tertiary/aromatic N) is 2. The number of carbonyl (C=O) groups excluding carboxylic acids is 2. The molecule has 2 aromatic carbocycles. The van der Waals surface area contributed by atoms with Gasteiger partial charge in [0, 0.05) is 12.7 Å². The number of rotatable bonds is 5. The molecule has 3 aromatic rings. The van der Waals surface area contributed by atoms with Gasteiger partial charge in [-0.15, -0.1) is 0 Å². The van der Waals surface area contributed by atoms with Gasteiger partial charge in [-0.05, 0) is 60.9 Å². The predicted molar refractivity (Wildman–Crippen MR) is 126 cm³/mol. The molecule has 0 bridgehead atoms. The van der Waals surface area contributed by atoms with Crippen LogP contribution in [0.5, 0.6) is 5.75 Å². The van der Waals surface area contributed by atoms with E-state index in [1.165, 1.54) is 25.4 Å². The Bertz CT molecular complexity index is 1370. The molecule has 1 atom stereocenters. The summed E-state index contributed by atoms with van der Waals surface area (Å²) in [6, 6.07) is 11.8. The molecule has 0 saturated carbocycles. The highest BCUT2D eigenvalue weighted by molar-refractivity contribution is 6.46. The van der Waals surface area contributed by atoms with Crippen molar-refractivity contribution in [2.24, 2.45) is 0 Å². The first kappa shape index (κ1) is 25.0. The number of halogens is 3. The van der Waals surface area contributed by atoms with E-state index in [1.807, 2.05) is 13.0 Å². The van der Waals surface area contributed by atoms with Gasteiger partial charge >= 0.3 is 6.18 Å². The molecule has 1 unspecified atom stereocenters. The fraction of sp³-hybridized carbons (Fsp3) is 0.222. The zero-order valence-corrected chi connectivity index (χ0v) is 19.8. The number of methoxy groups -OCH3 is 1. The smallest absolute Gasteiger partial charge is 0.416 e. The van der Waals surface area contributed by atoms with Gasteiger partial charge in [0.2, 0.25) is 0 Å². The molecule has 6 nitrogen and oxygen atoms in total. The summed E-state index contributed by atoms with van der Waals surface area (Å²) >= 11 is 0. The first-order valence-electron chi connectivity index (χ1n) is 11.0. The van der Waals surface area contributed by atoms with Crippen LogP contribution in [-0.4, -0.2) is 33.8 Å². The van der Waals surface area contributed by atoms with E-state index in [-0.39, 0.29) is 28.9 Å². The molecule has 1 fully saturated rings. The van der Waals surface area contributed by atoms with Gasteiger partial charge in [-0.2, -0.15) is 13.2 Å². The number of aryl methyl sites for hydroxylation is 2. The first-order valence-corrected chi connectivity index (χ1v) is 11.0. The molecule has 0 aliphatic carbocycles. The van der Waals surface area contributed by atoms with Gasteiger partial charge in [-0.1, -0.05) is 24.3 Å². The van der Waals surface area contributed by atoms with E-state index in [9.17, 15) is 27.9 Å². The third-order valence-electron chi connectivity index (χ3n) is 5.99. The molecule has 0 radical (unpaired) electrons. The minimum atomic E-state index is -4.57. The Labute approximate surface area is 205 Å². The molecule has 4 rings (SSSR count). The van der Waals surface area contributed by atoms with Crippen molar-refractivity contribution in [2.45, 2.75) is 32.6 Å². The molecule has 36 heavy (non-hydrogen) atoms. The lowest BCUT2D eigenvalue weighted by molar-refractivity contribution is -0.140. The van der Waals surface area contributed by atoms with Crippen LogP contribution in [-0.2, 0) is 22.3 Å². The van der Waals surface area contributed by atoms with Crippen LogP contribution in [0.3, 0.4) is 0 Å². The maximum absolute atomic E-state index is 13.3. The van der Waals surface area contributed by atoms with Crippen molar-refractivity contribution >= 4 is 17.4 Å². The summed E-state index contributed by atoms with van der Waals surface area (Å²) in [5.74, 6) is -2.02. The summed E-state index contributed by atoms with van der Waals surface area (Å²) in [5, 5.41) is 11.4. The average molecular weight is 496 g/mol. The zero-order chi connectivity index (χ0) is 26.2. The Kier molecular flexibility index (Phi) is 6.58. The lowest BCUT2D eigenvalue weighted by Crippen LogP contribution is -2.29. The van der Waals surface area contributed by atoms with Crippen molar-refractivity contribution in [2.75, 3.05) is 7.11 Å². The highest BCUT2D eigenvalue weighted by Gasteiger charge is 2.47. The number of Topliss-reactive ketones (excluding diaryl/α,β-unsaturated/α-hetero) is 1. The molecule has 1 saturated heterocycles. The van der Waals surface area contributed by atoms with Crippen LogP contribution in [0.4, 0.5) is 13.2 Å². The minimum Gasteiger partial charge on any atom is -0.507 e. The molecule has 2 heterocycles. The maximum Gasteiger partial charge on any atom is 0.416 e. The molecular weight excluding hydrogens is 473 g/mol. The van der Waals surface area contributed by atoms with E-state index in [0.29, 0.717) is 11.3 Å². The number of aliphatic hydroxyl groups excluding tert-OH is 1. The topological polar surface area (TPSA) is 79.7 Å². The van der Waals surface area contributed by atoms with Crippen LogP contribution in [0, 0.1) is 13.8 Å². The van der Waals surface area contributed by atoms with Gasteiger partial charge in [-0.25, -0.2) is 0 Å². The molecular formula is C27H23F3N2O4. The first-order chi connectivity index (χ1) is 17.0. The fourth-order valence-corrected chi connectivity index (χ4v) is 4.48. The number of aromatic nitrogens is 1. The van der Waals surface area contributed by atoms with Gasteiger partial charge in [-0.3, -0.25) is 14.6 Å². The van der Waals surface area contributed by atoms with Gasteiger partial charge < -0.3 is 14.7 Å². The van der Waals surface area contributed by atoms with Gasteiger partial charge in [0.15, 0.2) is 0 Å². The summed E-state index contributed by atoms with van der Waals surface area (Å²) in [5.41, 5.74) is 1.12. The Morgan fingerprint density at radius 1 is 1.08 bits per heavy atom. The zero-order valence-electron chi connectivity index (χ0n) is 19.8. The van der Waals surface area contributed by atoms with Gasteiger partial charge in [0.25, 0.3) is 11.7 Å². The molecule has 9 heteroatoms. The summed E-state index contributed by atoms with van der Waals surface area (Å²) in [6.45, 7) is 3.30. The normalized spacial score (nSPS) is 17.5. The second-order valence-electron chi connectivity index (χ2n) is 8.54. The second-order valence-corrected chi connectivity index (χ2v) is 8.54. The molecule has 0 spiro atoms. The van der Waals surface area contributed by atoms with Crippen molar-refractivity contribution in [1.29, 1.82) is 0 Å². The third kappa shape index (κ3) is 4.56. The lowest BCUT2D eigenvalue weighted by Gasteiger charge is -2.25. The molecule has 186 valence electrons. The summed E-state index contributed by atoms with van der Waals surface area (Å²) in [7, 11) is 1.43. The average Bonchev–Trinajstić information content (AvgIpc) is 3.08. The number of benzene rings is 2. The number of carbonyl (C=O) groups is 2. The Morgan fingerprint density at radius 3 is 2.47 bits per heavy atom. The molecule has 1 aliphatic heterocycles. The van der Waals surface area contributed by atoms with Crippen molar-refractivity contribution in [3.8, 4) is 5.75 Å². The number of amides is 1. The van der Waals surface area contributed by atoms with Crippen molar-refractivity contribution in [1.82, 2.24) is 9.88 Å². The number of alkyl halides is 3. The lowest BCUT2D eigenvalue weighted by atomic mass is 9.95. The monoisotopic (exact) mass is 496 g/mol. The number of hydrogen-bond donors (Lipinski definition) is 1. The number of aliphatic hydroxyl groups is 1. The van der Waals surface area contributed by atoms with Crippen LogP contribution in [0.1, 0.15) is 39.6 Å². The number of pyridine rings is 1.